The van der Waals surface area contributed by atoms with Crippen LogP contribution in [0.5, 0.6) is 11.5 Å². The van der Waals surface area contributed by atoms with Crippen molar-refractivity contribution in [3.63, 3.8) is 0 Å². The van der Waals surface area contributed by atoms with Gasteiger partial charge >= 0.3 is 0 Å². The number of hydrogen-bond acceptors (Lipinski definition) is 8. The summed E-state index contributed by atoms with van der Waals surface area (Å²) >= 11 is 1.51. The number of aryl methyl sites for hydroxylation is 1. The predicted molar refractivity (Wildman–Crippen MR) is 123 cm³/mol. The summed E-state index contributed by atoms with van der Waals surface area (Å²) in [5, 5.41) is 16.7. The number of fused-ring (bicyclic) bond motifs is 1. The molecule has 33 heavy (non-hydrogen) atoms. The normalized spacial score (nSPS) is 14.9. The maximum Gasteiger partial charge on any atom is 0.296 e. The second-order valence-electron chi connectivity index (χ2n) is 7.31. The van der Waals surface area contributed by atoms with Crippen molar-refractivity contribution in [3.05, 3.63) is 56.9 Å². The summed E-state index contributed by atoms with van der Waals surface area (Å²) in [6.45, 7) is 3.15. The molecule has 0 aliphatic carbocycles. The molecule has 170 valence electrons. The van der Waals surface area contributed by atoms with Crippen LogP contribution in [0.4, 0.5) is 17.1 Å². The Labute approximate surface area is 192 Å². The average molecular weight is 468 g/mol. The van der Waals surface area contributed by atoms with Crippen LogP contribution in [0.15, 0.2) is 41.8 Å². The maximum absolute atomic E-state index is 12.9. The smallest absolute Gasteiger partial charge is 0.296 e. The van der Waals surface area contributed by atoms with E-state index < -0.39 is 22.8 Å². The Balaban J connectivity index is 1.62. The minimum Gasteiger partial charge on any atom is -0.496 e. The number of carbonyl (C=O) groups is 2. The van der Waals surface area contributed by atoms with Crippen LogP contribution in [0.3, 0.4) is 0 Å². The van der Waals surface area contributed by atoms with Crippen molar-refractivity contribution in [2.45, 2.75) is 20.0 Å². The van der Waals surface area contributed by atoms with E-state index in [-0.39, 0.29) is 23.7 Å². The molecule has 11 heteroatoms. The summed E-state index contributed by atoms with van der Waals surface area (Å²) in [6, 6.07) is 9.43. The molecule has 0 fully saturated rings. The molecule has 0 bridgehead atoms. The van der Waals surface area contributed by atoms with Crippen LogP contribution >= 0.6 is 11.3 Å². The molecule has 1 aliphatic rings. The molecule has 4 rings (SSSR count). The topological polar surface area (TPSA) is 124 Å². The molecule has 0 spiro atoms. The lowest BCUT2D eigenvalue weighted by Gasteiger charge is -2.32. The van der Waals surface area contributed by atoms with Crippen LogP contribution in [0, 0.1) is 17.0 Å². The monoisotopic (exact) mass is 468 g/mol. The number of benzene rings is 2. The third kappa shape index (κ3) is 4.48. The Hall–Kier alpha value is -3.99. The molecule has 10 nitrogen and oxygen atoms in total. The van der Waals surface area contributed by atoms with Gasteiger partial charge in [-0.1, -0.05) is 0 Å². The summed E-state index contributed by atoms with van der Waals surface area (Å²) in [4.78, 5) is 42.3. The first-order valence-electron chi connectivity index (χ1n) is 9.93. The van der Waals surface area contributed by atoms with E-state index in [1.165, 1.54) is 41.5 Å². The van der Waals surface area contributed by atoms with Gasteiger partial charge < -0.3 is 14.8 Å². The molecule has 2 aromatic carbocycles. The minimum absolute atomic E-state index is 0.00600. The van der Waals surface area contributed by atoms with Crippen molar-refractivity contribution >= 4 is 40.2 Å². The van der Waals surface area contributed by atoms with E-state index in [1.807, 2.05) is 18.4 Å². The zero-order valence-electron chi connectivity index (χ0n) is 18.0. The third-order valence-electron chi connectivity index (χ3n) is 5.06. The number of hydrogen-bond donors (Lipinski definition) is 1. The number of nitrogens with zero attached hydrogens (tertiary/aromatic N) is 3. The highest BCUT2D eigenvalue weighted by Crippen LogP contribution is 2.38. The van der Waals surface area contributed by atoms with Crippen molar-refractivity contribution in [2.75, 3.05) is 23.9 Å². The fraction of sp³-hybridized carbons (Fsp3) is 0.227. The number of aromatic nitrogens is 1. The van der Waals surface area contributed by atoms with Crippen LogP contribution in [0.2, 0.25) is 0 Å². The fourth-order valence-electron chi connectivity index (χ4n) is 3.45. The van der Waals surface area contributed by atoms with Crippen molar-refractivity contribution in [3.8, 4) is 22.8 Å². The van der Waals surface area contributed by atoms with Crippen molar-refractivity contribution < 1.29 is 24.0 Å². The minimum atomic E-state index is -0.784. The van der Waals surface area contributed by atoms with Gasteiger partial charge in [-0.25, -0.2) is 4.98 Å². The first-order chi connectivity index (χ1) is 15.8. The van der Waals surface area contributed by atoms with Gasteiger partial charge in [0.05, 0.1) is 34.5 Å². The molecule has 0 radical (unpaired) electrons. The average Bonchev–Trinajstić information content (AvgIpc) is 3.23. The van der Waals surface area contributed by atoms with Gasteiger partial charge in [-0.05, 0) is 44.2 Å². The second-order valence-corrected chi connectivity index (χ2v) is 8.37. The first kappa shape index (κ1) is 22.2. The van der Waals surface area contributed by atoms with Gasteiger partial charge in [0.2, 0.25) is 5.91 Å². The van der Waals surface area contributed by atoms with Gasteiger partial charge in [0, 0.05) is 10.9 Å². The molecule has 2 heterocycles. The molecule has 1 atom stereocenters. The van der Waals surface area contributed by atoms with E-state index in [0.717, 1.165) is 16.3 Å². The van der Waals surface area contributed by atoms with Gasteiger partial charge in [0.1, 0.15) is 23.7 Å². The highest BCUT2D eigenvalue weighted by Gasteiger charge is 2.33. The highest BCUT2D eigenvalue weighted by atomic mass is 32.1. The van der Waals surface area contributed by atoms with Crippen LogP contribution in [0.1, 0.15) is 11.9 Å². The number of methoxy groups -OCH3 is 1. The molecule has 1 N–H and O–H groups in total. The number of carbonyl (C=O) groups excluding carboxylic acids is 2. The lowest BCUT2D eigenvalue weighted by atomic mass is 10.1. The Morgan fingerprint density at radius 3 is 2.79 bits per heavy atom. The number of nitro groups is 1. The van der Waals surface area contributed by atoms with E-state index in [0.29, 0.717) is 11.4 Å². The van der Waals surface area contributed by atoms with Crippen LogP contribution in [-0.4, -0.2) is 41.5 Å². The second kappa shape index (κ2) is 8.87. The SMILES string of the molecule is COc1ccc(NC(=O)CN2C(=O)C(C)Oc3ccc(-c4csc(C)n4)cc32)c([N+](=O)[O-])c1. The van der Waals surface area contributed by atoms with E-state index in [4.69, 9.17) is 9.47 Å². The van der Waals surface area contributed by atoms with Crippen molar-refractivity contribution in [1.29, 1.82) is 0 Å². The predicted octanol–water partition coefficient (Wildman–Crippen LogP) is 3.79. The summed E-state index contributed by atoms with van der Waals surface area (Å²) < 4.78 is 10.7. The van der Waals surface area contributed by atoms with Crippen LogP contribution < -0.4 is 19.7 Å². The quantitative estimate of drug-likeness (QED) is 0.431. The summed E-state index contributed by atoms with van der Waals surface area (Å²) in [5.74, 6) is -0.239. The van der Waals surface area contributed by atoms with Crippen LogP contribution in [-0.2, 0) is 9.59 Å². The summed E-state index contributed by atoms with van der Waals surface area (Å²) in [6.07, 6.45) is -0.784. The number of rotatable bonds is 6. The van der Waals surface area contributed by atoms with Crippen LogP contribution in [0.25, 0.3) is 11.3 Å². The maximum atomic E-state index is 12.9. The Morgan fingerprint density at radius 1 is 1.33 bits per heavy atom. The van der Waals surface area contributed by atoms with Gasteiger partial charge in [-0.2, -0.15) is 0 Å². The first-order valence-corrected chi connectivity index (χ1v) is 10.8. The standard InChI is InChI=1S/C22H20N4O6S/c1-12-22(28)25(10-21(27)24-16-6-5-15(31-3)9-18(16)26(29)30)19-8-14(4-7-20(19)32-12)17-11-33-13(2)23-17/h4-9,11-12H,10H2,1-3H3,(H,24,27). The molecule has 0 saturated heterocycles. The van der Waals surface area contributed by atoms with E-state index in [2.05, 4.69) is 10.3 Å². The number of anilines is 2. The third-order valence-corrected chi connectivity index (χ3v) is 5.83. The molecule has 0 saturated carbocycles. The molecule has 3 aromatic rings. The highest BCUT2D eigenvalue weighted by molar-refractivity contribution is 7.09. The summed E-state index contributed by atoms with van der Waals surface area (Å²) in [5.41, 5.74) is 1.66. The Kier molecular flexibility index (Phi) is 5.97. The molecular weight excluding hydrogens is 448 g/mol. The van der Waals surface area contributed by atoms with E-state index >= 15 is 0 Å². The number of ether oxygens (including phenoxy) is 2. The zero-order valence-corrected chi connectivity index (χ0v) is 18.8. The van der Waals surface area contributed by atoms with Gasteiger partial charge in [0.15, 0.2) is 6.10 Å². The zero-order chi connectivity index (χ0) is 23.7. The molecule has 1 unspecified atom stereocenters. The molecule has 1 aromatic heterocycles. The van der Waals surface area contributed by atoms with Gasteiger partial charge in [0.25, 0.3) is 11.6 Å². The van der Waals surface area contributed by atoms with Gasteiger partial charge in [-0.15, -0.1) is 11.3 Å². The lowest BCUT2D eigenvalue weighted by Crippen LogP contribution is -2.47. The molecular formula is C22H20N4O6S. The van der Waals surface area contributed by atoms with Gasteiger partial charge in [-0.3, -0.25) is 24.6 Å². The number of thiazole rings is 1. The number of amides is 2. The molecule has 1 aliphatic heterocycles. The Morgan fingerprint density at radius 2 is 2.12 bits per heavy atom. The van der Waals surface area contributed by atoms with E-state index in [1.54, 1.807) is 19.1 Å². The number of nitrogens with one attached hydrogen (secondary N) is 1. The fourth-order valence-corrected chi connectivity index (χ4v) is 4.08. The lowest BCUT2D eigenvalue weighted by molar-refractivity contribution is -0.384. The largest absolute Gasteiger partial charge is 0.496 e. The van der Waals surface area contributed by atoms with Crippen molar-refractivity contribution in [1.82, 2.24) is 4.98 Å². The summed E-state index contributed by atoms with van der Waals surface area (Å²) in [7, 11) is 1.39. The number of nitro benzene ring substituents is 1. The molecule has 2 amide bonds. The Bertz CT molecular complexity index is 1260. The van der Waals surface area contributed by atoms with E-state index in [9.17, 15) is 19.7 Å². The van der Waals surface area contributed by atoms with Crippen molar-refractivity contribution in [2.24, 2.45) is 0 Å².